The van der Waals surface area contributed by atoms with Crippen molar-refractivity contribution in [2.75, 3.05) is 0 Å². The fraction of sp³-hybridized carbons (Fsp3) is 0.375. The van der Waals surface area contributed by atoms with Crippen LogP contribution in [-0.4, -0.2) is 6.21 Å². The van der Waals surface area contributed by atoms with Crippen molar-refractivity contribution in [3.05, 3.63) is 23.4 Å². The van der Waals surface area contributed by atoms with Crippen LogP contribution in [0, 0.1) is 5.92 Å². The van der Waals surface area contributed by atoms with Crippen LogP contribution in [0.4, 0.5) is 0 Å². The molecule has 1 unspecified atom stereocenters. The Kier molecular flexibility index (Phi) is 0.747. The van der Waals surface area contributed by atoms with Gasteiger partial charge in [0, 0.05) is 17.8 Å². The molecule has 1 heteroatoms. The van der Waals surface area contributed by atoms with Crippen molar-refractivity contribution >= 4 is 6.21 Å². The lowest BCUT2D eigenvalue weighted by Gasteiger charge is -2.33. The van der Waals surface area contributed by atoms with Gasteiger partial charge in [-0.25, -0.2) is 0 Å². The molecule has 2 heterocycles. The third-order valence-corrected chi connectivity index (χ3v) is 2.14. The number of hydrogen-bond donors (Lipinski definition) is 0. The molecule has 46 valence electrons. The van der Waals surface area contributed by atoms with Gasteiger partial charge in [0.25, 0.3) is 0 Å². The quantitative estimate of drug-likeness (QED) is 0.462. The van der Waals surface area contributed by atoms with Crippen molar-refractivity contribution in [1.29, 1.82) is 0 Å². The first kappa shape index (κ1) is 4.98. The highest BCUT2D eigenvalue weighted by molar-refractivity contribution is 5.77. The lowest BCUT2D eigenvalue weighted by atomic mass is 9.73. The van der Waals surface area contributed by atoms with Gasteiger partial charge in [0.1, 0.15) is 0 Å². The zero-order chi connectivity index (χ0) is 6.43. The van der Waals surface area contributed by atoms with E-state index < -0.39 is 0 Å². The van der Waals surface area contributed by atoms with Gasteiger partial charge in [-0.05, 0) is 24.5 Å². The van der Waals surface area contributed by atoms with E-state index in [1.165, 1.54) is 23.3 Å². The average molecular weight is 119 g/mol. The van der Waals surface area contributed by atoms with Gasteiger partial charge in [0.05, 0.1) is 0 Å². The van der Waals surface area contributed by atoms with Crippen molar-refractivity contribution in [2.24, 2.45) is 10.9 Å². The fourth-order valence-electron chi connectivity index (χ4n) is 1.37. The van der Waals surface area contributed by atoms with Gasteiger partial charge in [-0.15, -0.1) is 0 Å². The van der Waals surface area contributed by atoms with Crippen molar-refractivity contribution in [1.82, 2.24) is 0 Å². The Balaban J connectivity index is 2.50. The molecular weight excluding hydrogens is 110 g/mol. The molecule has 0 aromatic rings. The van der Waals surface area contributed by atoms with Gasteiger partial charge in [-0.1, -0.05) is 6.58 Å². The number of nitrogens with zero attached hydrogens (tertiary/aromatic N) is 1. The molecular formula is C8H9N. The summed E-state index contributed by atoms with van der Waals surface area (Å²) in [5.41, 5.74) is 3.85. The summed E-state index contributed by atoms with van der Waals surface area (Å²) in [7, 11) is 0. The first-order valence-electron chi connectivity index (χ1n) is 3.22. The molecule has 1 nitrogen and oxygen atoms in total. The maximum Gasteiger partial charge on any atom is 0.0404 e. The topological polar surface area (TPSA) is 12.4 Å². The summed E-state index contributed by atoms with van der Waals surface area (Å²) in [6.07, 6.45) is 3.19. The Morgan fingerprint density at radius 2 is 2.56 bits per heavy atom. The molecule has 3 rings (SSSR count). The predicted octanol–water partition coefficient (Wildman–Crippen LogP) is 1.92. The second kappa shape index (κ2) is 1.35. The van der Waals surface area contributed by atoms with Crippen LogP contribution in [-0.2, 0) is 0 Å². The summed E-state index contributed by atoms with van der Waals surface area (Å²) in [5.74, 6) is 0.587. The number of aliphatic imine (C=N–C) groups is 1. The summed E-state index contributed by atoms with van der Waals surface area (Å²) in [4.78, 5) is 4.20. The molecule has 1 fully saturated rings. The molecule has 0 N–H and O–H groups in total. The van der Waals surface area contributed by atoms with Crippen LogP contribution in [0.15, 0.2) is 28.4 Å². The summed E-state index contributed by atoms with van der Waals surface area (Å²) in [5, 5.41) is 0. The average Bonchev–Trinajstić information content (AvgIpc) is 1.86. The zero-order valence-electron chi connectivity index (χ0n) is 5.52. The number of allylic oxidation sites excluding steroid dienone is 3. The monoisotopic (exact) mass is 119 g/mol. The lowest BCUT2D eigenvalue weighted by Crippen LogP contribution is -2.24. The van der Waals surface area contributed by atoms with Crippen LogP contribution in [0.1, 0.15) is 13.3 Å². The maximum absolute atomic E-state index is 4.20. The first-order valence-corrected chi connectivity index (χ1v) is 3.22. The molecule has 0 radical (unpaired) electrons. The van der Waals surface area contributed by atoms with Gasteiger partial charge in [-0.3, -0.25) is 4.99 Å². The Morgan fingerprint density at radius 3 is 2.89 bits per heavy atom. The standard InChI is InChI=1S/C8H9N/c1-5-7-3-8(5)6(2)9-4-7/h4,7H,1,3H2,2H3. The van der Waals surface area contributed by atoms with E-state index in [1.54, 1.807) is 0 Å². The van der Waals surface area contributed by atoms with E-state index in [-0.39, 0.29) is 0 Å². The first-order chi connectivity index (χ1) is 4.29. The molecule has 0 aromatic heterocycles. The van der Waals surface area contributed by atoms with E-state index in [2.05, 4.69) is 11.6 Å². The van der Waals surface area contributed by atoms with Crippen LogP contribution in [0.2, 0.25) is 0 Å². The lowest BCUT2D eigenvalue weighted by molar-refractivity contribution is 0.679. The number of fused-ring (bicyclic) bond motifs is 1. The maximum atomic E-state index is 4.20. The zero-order valence-corrected chi connectivity index (χ0v) is 5.52. The summed E-state index contributed by atoms with van der Waals surface area (Å²) >= 11 is 0. The fourth-order valence-corrected chi connectivity index (χ4v) is 1.37. The Hall–Kier alpha value is -0.850. The van der Waals surface area contributed by atoms with E-state index in [0.29, 0.717) is 5.92 Å². The molecule has 2 bridgehead atoms. The Morgan fingerprint density at radius 1 is 1.78 bits per heavy atom. The minimum absolute atomic E-state index is 0.587. The molecule has 0 saturated heterocycles. The van der Waals surface area contributed by atoms with Crippen LogP contribution >= 0.6 is 0 Å². The SMILES string of the molecule is C=C1C2=C(C)N=CC1C2. The van der Waals surface area contributed by atoms with E-state index in [1.807, 2.05) is 13.1 Å². The highest BCUT2D eigenvalue weighted by Gasteiger charge is 2.30. The smallest absolute Gasteiger partial charge is 0.0404 e. The number of rotatable bonds is 0. The Labute approximate surface area is 54.8 Å². The molecule has 1 aliphatic carbocycles. The molecule has 0 amide bonds. The largest absolute Gasteiger partial charge is 0.265 e. The minimum Gasteiger partial charge on any atom is -0.265 e. The second-order valence-corrected chi connectivity index (χ2v) is 2.68. The molecule has 9 heavy (non-hydrogen) atoms. The third-order valence-electron chi connectivity index (χ3n) is 2.14. The van der Waals surface area contributed by atoms with Crippen LogP contribution in [0.25, 0.3) is 0 Å². The van der Waals surface area contributed by atoms with Crippen molar-refractivity contribution in [3.8, 4) is 0 Å². The normalized spacial score (nSPS) is 30.8. The minimum atomic E-state index is 0.587. The van der Waals surface area contributed by atoms with E-state index in [0.717, 1.165) is 0 Å². The predicted molar refractivity (Wildman–Crippen MR) is 38.4 cm³/mol. The summed E-state index contributed by atoms with van der Waals surface area (Å²) < 4.78 is 0. The summed E-state index contributed by atoms with van der Waals surface area (Å²) in [6, 6.07) is 0. The van der Waals surface area contributed by atoms with Gasteiger partial charge in [0.2, 0.25) is 0 Å². The van der Waals surface area contributed by atoms with E-state index in [9.17, 15) is 0 Å². The molecule has 3 aliphatic rings. The molecule has 0 spiro atoms. The van der Waals surface area contributed by atoms with Crippen molar-refractivity contribution in [2.45, 2.75) is 13.3 Å². The number of hydrogen-bond acceptors (Lipinski definition) is 1. The van der Waals surface area contributed by atoms with Crippen LogP contribution < -0.4 is 0 Å². The van der Waals surface area contributed by atoms with Gasteiger partial charge >= 0.3 is 0 Å². The highest BCUT2D eigenvalue weighted by atomic mass is 14.8. The van der Waals surface area contributed by atoms with Crippen LogP contribution in [0.3, 0.4) is 0 Å². The molecule has 1 saturated carbocycles. The van der Waals surface area contributed by atoms with E-state index >= 15 is 0 Å². The van der Waals surface area contributed by atoms with Crippen LogP contribution in [0.5, 0.6) is 0 Å². The Bertz CT molecular complexity index is 233. The highest BCUT2D eigenvalue weighted by Crippen LogP contribution is 2.42. The summed E-state index contributed by atoms with van der Waals surface area (Å²) in [6.45, 7) is 5.99. The molecule has 1 atom stereocenters. The van der Waals surface area contributed by atoms with Gasteiger partial charge in [0.15, 0.2) is 0 Å². The van der Waals surface area contributed by atoms with Crippen molar-refractivity contribution in [3.63, 3.8) is 0 Å². The second-order valence-electron chi connectivity index (χ2n) is 2.68. The molecule has 0 aromatic carbocycles. The van der Waals surface area contributed by atoms with Gasteiger partial charge < -0.3 is 0 Å². The third kappa shape index (κ3) is 0.467. The van der Waals surface area contributed by atoms with Crippen molar-refractivity contribution < 1.29 is 0 Å². The van der Waals surface area contributed by atoms with Gasteiger partial charge in [-0.2, -0.15) is 0 Å². The van der Waals surface area contributed by atoms with E-state index in [4.69, 9.17) is 0 Å². The molecule has 2 aliphatic heterocycles.